The zero-order valence-electron chi connectivity index (χ0n) is 19.6. The number of ether oxygens (including phenoxy) is 6. The van der Waals surface area contributed by atoms with Crippen LogP contribution < -0.4 is 0 Å². The highest BCUT2D eigenvalue weighted by atomic mass is 16.8. The molecule has 0 aliphatic carbocycles. The molecule has 8 N–H and O–H groups in total. The third-order valence-corrected chi connectivity index (χ3v) is 7.05. The van der Waals surface area contributed by atoms with Crippen LogP contribution in [-0.2, 0) is 33.2 Å². The monoisotopic (exact) mass is 536 g/mol. The molecule has 0 aromatic rings. The molecular formula is C22H32O15. The van der Waals surface area contributed by atoms with Gasteiger partial charge in [0.05, 0.1) is 32.0 Å². The van der Waals surface area contributed by atoms with Crippen LogP contribution in [0.3, 0.4) is 0 Å². The van der Waals surface area contributed by atoms with Crippen LogP contribution in [0.2, 0.25) is 0 Å². The fourth-order valence-electron chi connectivity index (χ4n) is 4.81. The van der Waals surface area contributed by atoms with E-state index in [0.29, 0.717) is 0 Å². The molecule has 0 aromatic heterocycles. The molecule has 210 valence electrons. The van der Waals surface area contributed by atoms with E-state index in [1.165, 1.54) is 6.08 Å². The molecule has 0 bridgehead atoms. The second kappa shape index (κ2) is 10.8. The third-order valence-electron chi connectivity index (χ3n) is 7.05. The van der Waals surface area contributed by atoms with Crippen LogP contribution in [0.4, 0.5) is 0 Å². The first-order valence-electron chi connectivity index (χ1n) is 11.6. The average Bonchev–Trinajstić information content (AvgIpc) is 3.08. The van der Waals surface area contributed by atoms with E-state index >= 15 is 0 Å². The highest BCUT2D eigenvalue weighted by Crippen LogP contribution is 2.42. The van der Waals surface area contributed by atoms with E-state index in [0.717, 1.165) is 6.26 Å². The van der Waals surface area contributed by atoms with Crippen LogP contribution >= 0.6 is 0 Å². The van der Waals surface area contributed by atoms with E-state index in [2.05, 4.69) is 6.58 Å². The molecule has 3 fully saturated rings. The van der Waals surface area contributed by atoms with Crippen LogP contribution in [0.1, 0.15) is 6.42 Å². The molecule has 0 unspecified atom stereocenters. The van der Waals surface area contributed by atoms with Crippen molar-refractivity contribution in [3.8, 4) is 0 Å². The lowest BCUT2D eigenvalue weighted by atomic mass is 9.76. The fourth-order valence-corrected chi connectivity index (χ4v) is 4.81. The Morgan fingerprint density at radius 2 is 1.78 bits per heavy atom. The lowest BCUT2D eigenvalue weighted by Gasteiger charge is -2.46. The largest absolute Gasteiger partial charge is 0.471 e. The SMILES string of the molecule is C=C[C@H]1[C@H](O[C@@H]2O[C@H](COC[C@@]3(O)O[C@H](CO)[C@@H](O)[C@@H]3O)[C@@H](O)[C@H](O)[C@H]2O)OC=C2C(=O)OCC[C@]21O. The van der Waals surface area contributed by atoms with Crippen LogP contribution in [-0.4, -0.2) is 140 Å². The van der Waals surface area contributed by atoms with E-state index in [4.69, 9.17) is 28.4 Å². The highest BCUT2D eigenvalue weighted by molar-refractivity contribution is 5.91. The topological polar surface area (TPSA) is 234 Å². The van der Waals surface area contributed by atoms with Crippen molar-refractivity contribution in [1.29, 1.82) is 0 Å². The van der Waals surface area contributed by atoms with Crippen LogP contribution in [0.15, 0.2) is 24.5 Å². The Kier molecular flexibility index (Phi) is 8.25. The van der Waals surface area contributed by atoms with Gasteiger partial charge in [0.2, 0.25) is 12.1 Å². The summed E-state index contributed by atoms with van der Waals surface area (Å²) in [6.45, 7) is 1.72. The maximum atomic E-state index is 12.0. The summed E-state index contributed by atoms with van der Waals surface area (Å²) in [7, 11) is 0. The van der Waals surface area contributed by atoms with Crippen molar-refractivity contribution in [2.75, 3.05) is 26.4 Å². The molecule has 37 heavy (non-hydrogen) atoms. The van der Waals surface area contributed by atoms with Gasteiger partial charge in [-0.2, -0.15) is 0 Å². The van der Waals surface area contributed by atoms with Crippen molar-refractivity contribution in [3.63, 3.8) is 0 Å². The van der Waals surface area contributed by atoms with Gasteiger partial charge in [0.25, 0.3) is 0 Å². The molecule has 0 saturated carbocycles. The number of carbonyl (C=O) groups excluding carboxylic acids is 1. The first kappa shape index (κ1) is 28.3. The van der Waals surface area contributed by atoms with Gasteiger partial charge in [0, 0.05) is 6.42 Å². The summed E-state index contributed by atoms with van der Waals surface area (Å²) in [5, 5.41) is 81.7. The number of esters is 1. The molecule has 3 saturated heterocycles. The molecule has 0 aromatic carbocycles. The van der Waals surface area contributed by atoms with Crippen molar-refractivity contribution in [3.05, 3.63) is 24.5 Å². The molecule has 15 nitrogen and oxygen atoms in total. The van der Waals surface area contributed by atoms with E-state index in [9.17, 15) is 45.6 Å². The lowest BCUT2D eigenvalue weighted by Crippen LogP contribution is -2.61. The summed E-state index contributed by atoms with van der Waals surface area (Å²) in [5.74, 6) is -4.13. The molecule has 0 spiro atoms. The van der Waals surface area contributed by atoms with Crippen molar-refractivity contribution in [2.24, 2.45) is 5.92 Å². The average molecular weight is 536 g/mol. The number of aliphatic hydroxyl groups is 8. The summed E-state index contributed by atoms with van der Waals surface area (Å²) in [6, 6.07) is 0. The Labute approximate surface area is 210 Å². The summed E-state index contributed by atoms with van der Waals surface area (Å²) in [4.78, 5) is 12.0. The second-order valence-electron chi connectivity index (χ2n) is 9.39. The summed E-state index contributed by atoms with van der Waals surface area (Å²) >= 11 is 0. The maximum absolute atomic E-state index is 12.0. The van der Waals surface area contributed by atoms with Crippen LogP contribution in [0.5, 0.6) is 0 Å². The Morgan fingerprint density at radius 3 is 2.43 bits per heavy atom. The van der Waals surface area contributed by atoms with Crippen LogP contribution in [0.25, 0.3) is 0 Å². The van der Waals surface area contributed by atoms with Gasteiger partial charge < -0.3 is 69.3 Å². The number of hydrogen-bond donors (Lipinski definition) is 8. The molecule has 12 atom stereocenters. The number of rotatable bonds is 8. The molecule has 4 rings (SSSR count). The minimum atomic E-state index is -2.37. The molecule has 4 aliphatic heterocycles. The quantitative estimate of drug-likeness (QED) is 0.108. The zero-order chi connectivity index (χ0) is 27.1. The van der Waals surface area contributed by atoms with Gasteiger partial charge in [0.1, 0.15) is 60.5 Å². The molecule has 0 amide bonds. The van der Waals surface area contributed by atoms with Crippen molar-refractivity contribution in [1.82, 2.24) is 0 Å². The molecule has 0 radical (unpaired) electrons. The predicted octanol–water partition coefficient (Wildman–Crippen LogP) is -4.65. The summed E-state index contributed by atoms with van der Waals surface area (Å²) in [5.41, 5.74) is -1.85. The Balaban J connectivity index is 1.41. The lowest BCUT2D eigenvalue weighted by molar-refractivity contribution is -0.347. The van der Waals surface area contributed by atoms with Gasteiger partial charge in [-0.3, -0.25) is 0 Å². The van der Waals surface area contributed by atoms with Gasteiger partial charge in [-0.05, 0) is 0 Å². The zero-order valence-corrected chi connectivity index (χ0v) is 19.6. The Bertz CT molecular complexity index is 882. The van der Waals surface area contributed by atoms with E-state index in [1.807, 2.05) is 0 Å². The maximum Gasteiger partial charge on any atom is 0.340 e. The number of aliphatic hydroxyl groups excluding tert-OH is 6. The minimum Gasteiger partial charge on any atom is -0.471 e. The Morgan fingerprint density at radius 1 is 1.05 bits per heavy atom. The van der Waals surface area contributed by atoms with Gasteiger partial charge in [-0.25, -0.2) is 4.79 Å². The number of fused-ring (bicyclic) bond motifs is 1. The Hall–Kier alpha value is -1.73. The molecule has 15 heteroatoms. The summed E-state index contributed by atoms with van der Waals surface area (Å²) in [6.07, 6.45) is -11.8. The molecule has 4 heterocycles. The van der Waals surface area contributed by atoms with E-state index in [1.54, 1.807) is 0 Å². The third kappa shape index (κ3) is 5.03. The fraction of sp³-hybridized carbons (Fsp3) is 0.773. The summed E-state index contributed by atoms with van der Waals surface area (Å²) < 4.78 is 32.0. The van der Waals surface area contributed by atoms with E-state index in [-0.39, 0.29) is 18.6 Å². The van der Waals surface area contributed by atoms with Crippen LogP contribution in [0, 0.1) is 5.92 Å². The van der Waals surface area contributed by atoms with Crippen molar-refractivity contribution in [2.45, 2.75) is 73.1 Å². The first-order valence-corrected chi connectivity index (χ1v) is 11.6. The van der Waals surface area contributed by atoms with E-state index < -0.39 is 98.4 Å². The van der Waals surface area contributed by atoms with Crippen molar-refractivity contribution < 1.29 is 74.1 Å². The van der Waals surface area contributed by atoms with Gasteiger partial charge in [-0.15, -0.1) is 6.58 Å². The standard InChI is InChI=1S/C22H32O15/c1-2-9-19(34-6-10-18(29)33-4-3-21(9,10)30)36-20-16(27)15(26)13(24)12(35-20)7-32-8-22(31)17(28)14(25)11(5-23)37-22/h2,6,9,11-17,19-20,23-28,30-31H,1,3-5,7-8H2/t9-,11+,12+,13+,14+,15-,16+,17-,19-,20-,21+,22+/m0/s1. The smallest absolute Gasteiger partial charge is 0.340 e. The minimum absolute atomic E-state index is 0.0268. The first-order chi connectivity index (χ1) is 17.5. The molecular weight excluding hydrogens is 504 g/mol. The number of carbonyl (C=O) groups is 1. The van der Waals surface area contributed by atoms with Crippen molar-refractivity contribution >= 4 is 5.97 Å². The number of hydrogen-bond acceptors (Lipinski definition) is 15. The second-order valence-corrected chi connectivity index (χ2v) is 9.39. The normalized spacial score (nSPS) is 48.0. The highest BCUT2D eigenvalue weighted by Gasteiger charge is 2.55. The molecule has 4 aliphatic rings. The van der Waals surface area contributed by atoms with Gasteiger partial charge in [-0.1, -0.05) is 6.08 Å². The number of cyclic esters (lactones) is 1. The van der Waals surface area contributed by atoms with Gasteiger partial charge >= 0.3 is 5.97 Å². The predicted molar refractivity (Wildman–Crippen MR) is 115 cm³/mol. The van der Waals surface area contributed by atoms with Gasteiger partial charge in [0.15, 0.2) is 6.29 Å².